The van der Waals surface area contributed by atoms with Gasteiger partial charge in [-0.2, -0.15) is 0 Å². The normalized spacial score (nSPS) is 20.5. The highest BCUT2D eigenvalue weighted by molar-refractivity contribution is 5.82. The summed E-state index contributed by atoms with van der Waals surface area (Å²) >= 11 is 0. The summed E-state index contributed by atoms with van der Waals surface area (Å²) in [5, 5.41) is 0. The quantitative estimate of drug-likeness (QED) is 0.682. The number of hydrogen-bond acceptors (Lipinski definition) is 1. The van der Waals surface area contributed by atoms with Gasteiger partial charge in [0.1, 0.15) is 0 Å². The van der Waals surface area contributed by atoms with E-state index in [4.69, 9.17) is 0 Å². The van der Waals surface area contributed by atoms with E-state index in [1.807, 2.05) is 24.0 Å². The Morgan fingerprint density at radius 3 is 2.59 bits per heavy atom. The van der Waals surface area contributed by atoms with E-state index in [0.29, 0.717) is 0 Å². The zero-order chi connectivity index (χ0) is 13.1. The molecule has 0 saturated carbocycles. The Bertz CT molecular complexity index is 352. The van der Waals surface area contributed by atoms with Crippen LogP contribution in [0.25, 0.3) is 0 Å². The lowest BCUT2D eigenvalue weighted by molar-refractivity contribution is -0.136. The third-order valence-electron chi connectivity index (χ3n) is 3.54. The summed E-state index contributed by atoms with van der Waals surface area (Å²) in [5.41, 5.74) is 0.839. The molecule has 0 radical (unpaired) electrons. The van der Waals surface area contributed by atoms with Crippen LogP contribution in [0.5, 0.6) is 0 Å². The van der Waals surface area contributed by atoms with Gasteiger partial charge in [-0.3, -0.25) is 4.79 Å². The number of carbonyl (C=O) groups is 1. The summed E-state index contributed by atoms with van der Waals surface area (Å²) in [6.07, 6.45) is 7.56. The average Bonchev–Trinajstić information content (AvgIpc) is 2.63. The van der Waals surface area contributed by atoms with Crippen LogP contribution in [-0.2, 0) is 4.79 Å². The van der Waals surface area contributed by atoms with Crippen molar-refractivity contribution >= 4 is 5.91 Å². The van der Waals surface area contributed by atoms with Gasteiger partial charge in [0.25, 0.3) is 0 Å². The maximum atomic E-state index is 12.4. The summed E-state index contributed by atoms with van der Waals surface area (Å²) in [5.74, 6) is 0.0368. The Kier molecular flexibility index (Phi) is 4.33. The van der Waals surface area contributed by atoms with Crippen molar-refractivity contribution in [3.63, 3.8) is 0 Å². The molecule has 1 heterocycles. The van der Waals surface area contributed by atoms with Crippen LogP contribution in [0.3, 0.4) is 0 Å². The summed E-state index contributed by atoms with van der Waals surface area (Å²) in [6.45, 7) is 14.6. The van der Waals surface area contributed by atoms with Gasteiger partial charge in [-0.15, -0.1) is 0 Å². The predicted octanol–water partition coefficient (Wildman–Crippen LogP) is 3.32. The van der Waals surface area contributed by atoms with Crippen LogP contribution < -0.4 is 0 Å². The summed E-state index contributed by atoms with van der Waals surface area (Å²) in [7, 11) is 0. The van der Waals surface area contributed by atoms with Gasteiger partial charge in [0.2, 0.25) is 5.91 Å². The van der Waals surface area contributed by atoms with Crippen molar-refractivity contribution in [2.75, 3.05) is 6.54 Å². The Labute approximate surface area is 105 Å². The third kappa shape index (κ3) is 3.09. The molecular weight excluding hydrogens is 210 g/mol. The highest BCUT2D eigenvalue weighted by Gasteiger charge is 2.37. The number of rotatable bonds is 4. The van der Waals surface area contributed by atoms with Crippen molar-refractivity contribution in [3.8, 4) is 0 Å². The Morgan fingerprint density at radius 2 is 2.12 bits per heavy atom. The summed E-state index contributed by atoms with van der Waals surface area (Å²) in [4.78, 5) is 14.4. The van der Waals surface area contributed by atoms with E-state index in [0.717, 1.165) is 25.0 Å². The van der Waals surface area contributed by atoms with Crippen LogP contribution in [0.2, 0.25) is 0 Å². The molecule has 0 aromatic carbocycles. The van der Waals surface area contributed by atoms with Crippen LogP contribution in [0.4, 0.5) is 0 Å². The smallest absolute Gasteiger partial charge is 0.230 e. The second-order valence-electron chi connectivity index (χ2n) is 5.30. The van der Waals surface area contributed by atoms with E-state index < -0.39 is 0 Å². The van der Waals surface area contributed by atoms with E-state index in [-0.39, 0.29) is 17.4 Å². The first kappa shape index (κ1) is 13.8. The lowest BCUT2D eigenvalue weighted by Crippen LogP contribution is -2.45. The fourth-order valence-corrected chi connectivity index (χ4v) is 2.24. The van der Waals surface area contributed by atoms with Gasteiger partial charge >= 0.3 is 0 Å². The average molecular weight is 233 g/mol. The monoisotopic (exact) mass is 233 g/mol. The number of carbonyl (C=O) groups excluding carboxylic acids is 1. The molecule has 1 amide bonds. The first-order valence-electron chi connectivity index (χ1n) is 6.19. The van der Waals surface area contributed by atoms with Crippen molar-refractivity contribution in [2.45, 2.75) is 39.2 Å². The molecule has 1 rings (SSSR count). The lowest BCUT2D eigenvalue weighted by atomic mass is 9.97. The fourth-order valence-electron chi connectivity index (χ4n) is 2.24. The van der Waals surface area contributed by atoms with Gasteiger partial charge in [0.15, 0.2) is 0 Å². The Balaban J connectivity index is 2.73. The van der Waals surface area contributed by atoms with Gasteiger partial charge in [0, 0.05) is 12.1 Å². The van der Waals surface area contributed by atoms with Crippen molar-refractivity contribution in [1.29, 1.82) is 0 Å². The number of allylic oxidation sites excluding steroid dienone is 3. The van der Waals surface area contributed by atoms with E-state index in [9.17, 15) is 4.79 Å². The molecule has 0 aliphatic carbocycles. The maximum absolute atomic E-state index is 12.4. The van der Waals surface area contributed by atoms with Gasteiger partial charge in [-0.1, -0.05) is 31.4 Å². The maximum Gasteiger partial charge on any atom is 0.230 e. The standard InChI is InChI=1S/C15H23NO/c1-6-7-9-12(2)13(3)14(17)16-11-8-10-15(16,4)5/h6-7,9,13H,1-2,8,10-11H2,3-5H3/b9-7-/t13-/m1/s1. The van der Waals surface area contributed by atoms with E-state index >= 15 is 0 Å². The summed E-state index contributed by atoms with van der Waals surface area (Å²) in [6, 6.07) is 0. The molecule has 0 unspecified atom stereocenters. The molecule has 17 heavy (non-hydrogen) atoms. The van der Waals surface area contributed by atoms with Gasteiger partial charge in [0.05, 0.1) is 5.92 Å². The number of likely N-dealkylation sites (tertiary alicyclic amines) is 1. The topological polar surface area (TPSA) is 20.3 Å². The van der Waals surface area contributed by atoms with Crippen LogP contribution in [0.15, 0.2) is 37.0 Å². The molecule has 0 bridgehead atoms. The minimum absolute atomic E-state index is 0.00618. The molecule has 1 fully saturated rings. The van der Waals surface area contributed by atoms with Gasteiger partial charge < -0.3 is 4.90 Å². The summed E-state index contributed by atoms with van der Waals surface area (Å²) < 4.78 is 0. The Hall–Kier alpha value is -1.31. The van der Waals surface area contributed by atoms with Gasteiger partial charge in [-0.05, 0) is 39.2 Å². The molecule has 0 spiro atoms. The fraction of sp³-hybridized carbons (Fsp3) is 0.533. The number of nitrogens with zero attached hydrogens (tertiary/aromatic N) is 1. The number of amides is 1. The van der Waals surface area contributed by atoms with Crippen LogP contribution >= 0.6 is 0 Å². The first-order valence-corrected chi connectivity index (χ1v) is 6.19. The minimum atomic E-state index is -0.149. The van der Waals surface area contributed by atoms with Crippen molar-refractivity contribution in [1.82, 2.24) is 4.90 Å². The molecule has 1 aliphatic heterocycles. The van der Waals surface area contributed by atoms with Crippen molar-refractivity contribution < 1.29 is 4.79 Å². The zero-order valence-corrected chi connectivity index (χ0v) is 11.2. The second-order valence-corrected chi connectivity index (χ2v) is 5.30. The van der Waals surface area contributed by atoms with Crippen molar-refractivity contribution in [2.24, 2.45) is 5.92 Å². The second kappa shape index (κ2) is 5.35. The molecule has 2 nitrogen and oxygen atoms in total. The predicted molar refractivity (Wildman–Crippen MR) is 72.7 cm³/mol. The molecular formula is C15H23NO. The molecule has 0 aromatic rings. The lowest BCUT2D eigenvalue weighted by Gasteiger charge is -2.33. The van der Waals surface area contributed by atoms with Crippen molar-refractivity contribution in [3.05, 3.63) is 37.0 Å². The van der Waals surface area contributed by atoms with Crippen LogP contribution in [0, 0.1) is 5.92 Å². The highest BCUT2D eigenvalue weighted by Crippen LogP contribution is 2.30. The SMILES string of the molecule is C=C/C=C\C(=C)[C@@H](C)C(=O)N1CCCC1(C)C. The van der Waals surface area contributed by atoms with E-state index in [2.05, 4.69) is 27.0 Å². The molecule has 0 N–H and O–H groups in total. The van der Waals surface area contributed by atoms with Gasteiger partial charge in [-0.25, -0.2) is 0 Å². The first-order chi connectivity index (χ1) is 7.90. The zero-order valence-electron chi connectivity index (χ0n) is 11.2. The molecule has 94 valence electrons. The molecule has 1 atom stereocenters. The van der Waals surface area contributed by atoms with E-state index in [1.165, 1.54) is 0 Å². The molecule has 0 aromatic heterocycles. The van der Waals surface area contributed by atoms with Crippen LogP contribution in [-0.4, -0.2) is 22.9 Å². The minimum Gasteiger partial charge on any atom is -0.337 e. The number of hydrogen-bond donors (Lipinski definition) is 0. The molecule has 1 saturated heterocycles. The molecule has 2 heteroatoms. The largest absolute Gasteiger partial charge is 0.337 e. The third-order valence-corrected chi connectivity index (χ3v) is 3.54. The highest BCUT2D eigenvalue weighted by atomic mass is 16.2. The Morgan fingerprint density at radius 1 is 1.47 bits per heavy atom. The molecule has 1 aliphatic rings. The van der Waals surface area contributed by atoms with Crippen LogP contribution in [0.1, 0.15) is 33.6 Å². The van der Waals surface area contributed by atoms with E-state index in [1.54, 1.807) is 6.08 Å².